The topological polar surface area (TPSA) is 117 Å². The molecular formula is C30H33BrN4O6. The molecule has 3 aromatic carbocycles. The third-order valence-corrected chi connectivity index (χ3v) is 7.48. The number of methoxy groups -OCH3 is 1. The molecule has 2 heterocycles. The summed E-state index contributed by atoms with van der Waals surface area (Å²) in [6.45, 7) is 1.50. The van der Waals surface area contributed by atoms with Gasteiger partial charge in [-0.2, -0.15) is 0 Å². The molecule has 2 aliphatic heterocycles. The lowest BCUT2D eigenvalue weighted by Crippen LogP contribution is -2.32. The molecule has 41 heavy (non-hydrogen) atoms. The van der Waals surface area contributed by atoms with Crippen molar-refractivity contribution in [3.8, 4) is 23.0 Å². The lowest BCUT2D eigenvalue weighted by atomic mass is 10.1. The molecule has 1 amide bonds. The highest BCUT2D eigenvalue weighted by molar-refractivity contribution is 9.10. The van der Waals surface area contributed by atoms with Crippen LogP contribution in [0.2, 0.25) is 0 Å². The van der Waals surface area contributed by atoms with Crippen molar-refractivity contribution in [1.82, 2.24) is 4.90 Å². The number of anilines is 2. The molecular weight excluding hydrogens is 592 g/mol. The van der Waals surface area contributed by atoms with Crippen molar-refractivity contribution in [2.24, 2.45) is 4.99 Å². The Balaban J connectivity index is 1.52. The number of carbonyl (C=O) groups is 1. The van der Waals surface area contributed by atoms with Crippen LogP contribution in [0, 0.1) is 0 Å². The minimum atomic E-state index is -0.404. The summed E-state index contributed by atoms with van der Waals surface area (Å²) in [5, 5.41) is 3.42. The highest BCUT2D eigenvalue weighted by Crippen LogP contribution is 2.47. The molecule has 3 N–H and O–H groups in total. The average Bonchev–Trinajstić information content (AvgIpc) is 3.48. The minimum Gasteiger partial charge on any atom is -0.493 e. The van der Waals surface area contributed by atoms with Crippen LogP contribution in [0.25, 0.3) is 0 Å². The lowest BCUT2D eigenvalue weighted by Gasteiger charge is -2.25. The number of hydrogen-bond donors (Lipinski definition) is 2. The van der Waals surface area contributed by atoms with E-state index in [4.69, 9.17) is 29.4 Å². The number of ether oxygens (including phenoxy) is 5. The second-order valence-corrected chi connectivity index (χ2v) is 10.5. The highest BCUT2D eigenvalue weighted by Gasteiger charge is 2.28. The van der Waals surface area contributed by atoms with Crippen LogP contribution >= 0.6 is 15.9 Å². The maximum atomic E-state index is 13.4. The number of amides is 1. The minimum absolute atomic E-state index is 0.0656. The Morgan fingerprint density at radius 3 is 2.68 bits per heavy atom. The first-order valence-electron chi connectivity index (χ1n) is 13.4. The molecule has 0 fully saturated rings. The Labute approximate surface area is 247 Å². The van der Waals surface area contributed by atoms with Crippen LogP contribution in [0.4, 0.5) is 16.2 Å². The summed E-state index contributed by atoms with van der Waals surface area (Å²) < 4.78 is 29.7. The molecule has 10 nitrogen and oxygen atoms in total. The lowest BCUT2D eigenvalue weighted by molar-refractivity contribution is 0.0928. The normalized spacial score (nSPS) is 16.1. The fourth-order valence-corrected chi connectivity index (χ4v) is 5.34. The number of carbonyl (C=O) groups excluding carboxylic acids is 1. The molecule has 0 radical (unpaired) electrons. The van der Waals surface area contributed by atoms with Gasteiger partial charge in [0.2, 0.25) is 6.79 Å². The van der Waals surface area contributed by atoms with Gasteiger partial charge in [-0.05, 0) is 52.9 Å². The summed E-state index contributed by atoms with van der Waals surface area (Å²) in [6, 6.07) is 15.1. The van der Waals surface area contributed by atoms with E-state index in [-0.39, 0.29) is 19.9 Å². The van der Waals surface area contributed by atoms with Crippen LogP contribution in [0.5, 0.6) is 23.0 Å². The number of nitrogens with zero attached hydrogens (tertiary/aromatic N) is 2. The molecule has 0 saturated carbocycles. The molecule has 2 bridgehead atoms. The van der Waals surface area contributed by atoms with Crippen molar-refractivity contribution in [1.29, 1.82) is 0 Å². The van der Waals surface area contributed by atoms with E-state index in [1.807, 2.05) is 42.5 Å². The van der Waals surface area contributed by atoms with E-state index in [2.05, 4.69) is 26.2 Å². The van der Waals surface area contributed by atoms with Gasteiger partial charge >= 0.3 is 6.09 Å². The number of nitrogen functional groups attached to an aromatic ring is 1. The van der Waals surface area contributed by atoms with Gasteiger partial charge in [-0.3, -0.25) is 4.99 Å². The zero-order valence-electron chi connectivity index (χ0n) is 23.1. The smallest absolute Gasteiger partial charge is 0.410 e. The Kier molecular flexibility index (Phi) is 9.03. The first kappa shape index (κ1) is 28.4. The SMILES string of the molecule is CN=C1Nc2c(cc(Br)c3c2OCO3)CN(C(=O)OCc2ccccc2)CCCCCOc2cc1c(N)cc2OC. The third-order valence-electron chi connectivity index (χ3n) is 6.89. The summed E-state index contributed by atoms with van der Waals surface area (Å²) in [7, 11) is 3.25. The van der Waals surface area contributed by atoms with Crippen LogP contribution in [0.3, 0.4) is 0 Å². The number of aliphatic imine (C=N–C) groups is 1. The number of hydrogen-bond acceptors (Lipinski definition) is 8. The van der Waals surface area contributed by atoms with Crippen molar-refractivity contribution in [2.45, 2.75) is 32.4 Å². The van der Waals surface area contributed by atoms with Crippen molar-refractivity contribution in [3.05, 3.63) is 69.7 Å². The monoisotopic (exact) mass is 624 g/mol. The van der Waals surface area contributed by atoms with Gasteiger partial charge in [0.25, 0.3) is 0 Å². The molecule has 0 spiro atoms. The standard InChI is InChI=1S/C30H33BrN4O6/c1-33-29-21-14-25(24(37-2)15-23(21)32)38-12-8-4-7-11-35(30(36)39-17-19-9-5-3-6-10-19)16-20-13-22(31)27-28(26(20)34-29)41-18-40-27/h3,5-6,9-10,13-15H,4,7-8,11-12,16-18,32H2,1-2H3,(H,33,34). The van der Waals surface area contributed by atoms with E-state index in [0.29, 0.717) is 58.9 Å². The van der Waals surface area contributed by atoms with Crippen LogP contribution in [0.15, 0.2) is 58.0 Å². The number of nitrogens with two attached hydrogens (primary N) is 1. The number of rotatable bonds is 3. The van der Waals surface area contributed by atoms with E-state index in [0.717, 1.165) is 34.9 Å². The maximum Gasteiger partial charge on any atom is 0.410 e. The van der Waals surface area contributed by atoms with Crippen LogP contribution < -0.4 is 30.0 Å². The van der Waals surface area contributed by atoms with E-state index >= 15 is 0 Å². The van der Waals surface area contributed by atoms with Crippen molar-refractivity contribution >= 4 is 39.2 Å². The number of nitrogens with one attached hydrogen (secondary N) is 1. The van der Waals surface area contributed by atoms with Crippen LogP contribution in [-0.4, -0.2) is 50.9 Å². The van der Waals surface area contributed by atoms with Gasteiger partial charge in [0.15, 0.2) is 23.0 Å². The molecule has 2 aliphatic rings. The van der Waals surface area contributed by atoms with Gasteiger partial charge in [0.1, 0.15) is 12.4 Å². The zero-order chi connectivity index (χ0) is 28.8. The molecule has 216 valence electrons. The maximum absolute atomic E-state index is 13.4. The predicted octanol–water partition coefficient (Wildman–Crippen LogP) is 5.96. The fraction of sp³-hybridized carbons (Fsp3) is 0.333. The number of fused-ring (bicyclic) bond motifs is 5. The third kappa shape index (κ3) is 6.45. The van der Waals surface area contributed by atoms with Crippen molar-refractivity contribution in [3.63, 3.8) is 0 Å². The van der Waals surface area contributed by atoms with Crippen molar-refractivity contribution in [2.75, 3.05) is 45.2 Å². The predicted molar refractivity (Wildman–Crippen MR) is 160 cm³/mol. The largest absolute Gasteiger partial charge is 0.493 e. The Hall–Kier alpha value is -4.12. The van der Waals surface area contributed by atoms with Gasteiger partial charge in [-0.1, -0.05) is 30.3 Å². The van der Waals surface area contributed by atoms with Gasteiger partial charge in [0, 0.05) is 36.5 Å². The Morgan fingerprint density at radius 2 is 1.90 bits per heavy atom. The van der Waals surface area contributed by atoms with Gasteiger partial charge in [-0.15, -0.1) is 0 Å². The molecule has 0 unspecified atom stereocenters. The van der Waals surface area contributed by atoms with Crippen molar-refractivity contribution < 1.29 is 28.5 Å². The molecule has 0 saturated heterocycles. The van der Waals surface area contributed by atoms with E-state index in [9.17, 15) is 4.79 Å². The summed E-state index contributed by atoms with van der Waals surface area (Å²) in [5.74, 6) is 2.68. The molecule has 0 aromatic heterocycles. The molecule has 3 aromatic rings. The average molecular weight is 626 g/mol. The van der Waals surface area contributed by atoms with Gasteiger partial charge in [-0.25, -0.2) is 4.79 Å². The second-order valence-electron chi connectivity index (χ2n) is 9.62. The van der Waals surface area contributed by atoms with Gasteiger partial charge < -0.3 is 39.6 Å². The molecule has 0 aliphatic carbocycles. The summed E-state index contributed by atoms with van der Waals surface area (Å²) in [4.78, 5) is 19.6. The number of halogens is 1. The van der Waals surface area contributed by atoms with Crippen LogP contribution in [-0.2, 0) is 17.9 Å². The zero-order valence-corrected chi connectivity index (χ0v) is 24.7. The van der Waals surface area contributed by atoms with Crippen LogP contribution in [0.1, 0.15) is 36.0 Å². The summed E-state index contributed by atoms with van der Waals surface area (Å²) in [5.41, 5.74) is 9.88. The van der Waals surface area contributed by atoms with Gasteiger partial charge in [0.05, 0.1) is 30.4 Å². The highest BCUT2D eigenvalue weighted by atomic mass is 79.9. The van der Waals surface area contributed by atoms with E-state index in [1.54, 1.807) is 25.1 Å². The number of benzene rings is 3. The second kappa shape index (κ2) is 13.0. The first-order chi connectivity index (χ1) is 20.0. The van der Waals surface area contributed by atoms with E-state index < -0.39 is 6.09 Å². The molecule has 5 rings (SSSR count). The quantitative estimate of drug-likeness (QED) is 0.343. The first-order valence-corrected chi connectivity index (χ1v) is 14.2. The molecule has 11 heteroatoms. The molecule has 0 atom stereocenters. The Morgan fingerprint density at radius 1 is 1.10 bits per heavy atom. The van der Waals surface area contributed by atoms with E-state index in [1.165, 1.54) is 0 Å². The number of amidine groups is 1. The summed E-state index contributed by atoms with van der Waals surface area (Å²) >= 11 is 3.61. The Bertz CT molecular complexity index is 1430. The fourth-order valence-electron chi connectivity index (χ4n) is 4.77. The summed E-state index contributed by atoms with van der Waals surface area (Å²) in [6.07, 6.45) is 2.01.